The van der Waals surface area contributed by atoms with Crippen molar-refractivity contribution in [3.05, 3.63) is 29.8 Å². The molecule has 0 unspecified atom stereocenters. The number of rotatable bonds is 3. The van der Waals surface area contributed by atoms with E-state index < -0.39 is 5.95 Å². The molecule has 0 aromatic carbocycles. The third-order valence-electron chi connectivity index (χ3n) is 3.36. The third-order valence-corrected chi connectivity index (χ3v) is 3.36. The van der Waals surface area contributed by atoms with Crippen LogP contribution in [0.15, 0.2) is 18.3 Å². The van der Waals surface area contributed by atoms with Crippen molar-refractivity contribution in [2.24, 2.45) is 0 Å². The third kappa shape index (κ3) is 2.05. The molecule has 1 heterocycles. The predicted molar refractivity (Wildman–Crippen MR) is 58.5 cm³/mol. The summed E-state index contributed by atoms with van der Waals surface area (Å²) in [4.78, 5) is 15.3. The van der Waals surface area contributed by atoms with E-state index in [1.807, 2.05) is 0 Å². The van der Waals surface area contributed by atoms with Gasteiger partial charge in [-0.15, -0.1) is 0 Å². The molecule has 4 heteroatoms. The number of carbonyl (C=O) groups excluding carboxylic acids is 1. The lowest BCUT2D eigenvalue weighted by atomic mass is 9.74. The molecule has 86 valence electrons. The van der Waals surface area contributed by atoms with Crippen LogP contribution in [-0.2, 0) is 0 Å². The Morgan fingerprint density at radius 1 is 1.56 bits per heavy atom. The zero-order chi connectivity index (χ0) is 11.6. The fourth-order valence-corrected chi connectivity index (χ4v) is 1.99. The largest absolute Gasteiger partial charge is 0.347 e. The van der Waals surface area contributed by atoms with Crippen LogP contribution in [0.4, 0.5) is 4.39 Å². The van der Waals surface area contributed by atoms with Gasteiger partial charge in [0.1, 0.15) is 0 Å². The van der Waals surface area contributed by atoms with Crippen molar-refractivity contribution in [2.75, 3.05) is 0 Å². The first-order valence-electron chi connectivity index (χ1n) is 5.59. The SMILES string of the molecule is CCC1(NC(=O)c2ccc(F)nc2)CCC1. The second-order valence-electron chi connectivity index (χ2n) is 4.31. The minimum atomic E-state index is -0.564. The van der Waals surface area contributed by atoms with E-state index in [0.29, 0.717) is 5.56 Å². The van der Waals surface area contributed by atoms with Gasteiger partial charge in [0.25, 0.3) is 5.91 Å². The van der Waals surface area contributed by atoms with E-state index in [0.717, 1.165) is 25.7 Å². The van der Waals surface area contributed by atoms with Crippen LogP contribution in [0, 0.1) is 5.95 Å². The van der Waals surface area contributed by atoms with Gasteiger partial charge in [0.2, 0.25) is 5.95 Å². The standard InChI is InChI=1S/C12H15FN2O/c1-2-12(6-3-7-12)15-11(16)9-4-5-10(13)14-8-9/h4-5,8H,2-3,6-7H2,1H3,(H,15,16). The van der Waals surface area contributed by atoms with Crippen LogP contribution in [0.5, 0.6) is 0 Å². The van der Waals surface area contributed by atoms with Crippen molar-refractivity contribution in [3.8, 4) is 0 Å². The summed E-state index contributed by atoms with van der Waals surface area (Å²) in [6.45, 7) is 2.07. The average molecular weight is 222 g/mol. The van der Waals surface area contributed by atoms with Crippen molar-refractivity contribution >= 4 is 5.91 Å². The van der Waals surface area contributed by atoms with E-state index in [1.165, 1.54) is 18.3 Å². The number of aromatic nitrogens is 1. The van der Waals surface area contributed by atoms with Gasteiger partial charge in [-0.05, 0) is 37.8 Å². The second-order valence-corrected chi connectivity index (χ2v) is 4.31. The summed E-state index contributed by atoms with van der Waals surface area (Å²) in [6.07, 6.45) is 5.43. The Bertz CT molecular complexity index is 379. The van der Waals surface area contributed by atoms with Crippen LogP contribution in [0.2, 0.25) is 0 Å². The Morgan fingerprint density at radius 3 is 2.75 bits per heavy atom. The van der Waals surface area contributed by atoms with Crippen molar-refractivity contribution in [3.63, 3.8) is 0 Å². The highest BCUT2D eigenvalue weighted by Gasteiger charge is 2.36. The van der Waals surface area contributed by atoms with Crippen molar-refractivity contribution in [1.82, 2.24) is 10.3 Å². The number of carbonyl (C=O) groups is 1. The number of amides is 1. The minimum absolute atomic E-state index is 0.0362. The topological polar surface area (TPSA) is 42.0 Å². The molecule has 1 fully saturated rings. The summed E-state index contributed by atoms with van der Waals surface area (Å²) in [7, 11) is 0. The maximum atomic E-state index is 12.6. The summed E-state index contributed by atoms with van der Waals surface area (Å²) in [6, 6.07) is 2.66. The molecule has 0 spiro atoms. The number of hydrogen-bond donors (Lipinski definition) is 1. The fraction of sp³-hybridized carbons (Fsp3) is 0.500. The van der Waals surface area contributed by atoms with E-state index in [4.69, 9.17) is 0 Å². The van der Waals surface area contributed by atoms with E-state index in [2.05, 4.69) is 17.2 Å². The maximum Gasteiger partial charge on any atom is 0.253 e. The summed E-state index contributed by atoms with van der Waals surface area (Å²) >= 11 is 0. The number of pyridine rings is 1. The fourth-order valence-electron chi connectivity index (χ4n) is 1.99. The van der Waals surface area contributed by atoms with Crippen LogP contribution in [0.3, 0.4) is 0 Å². The first-order chi connectivity index (χ1) is 7.65. The number of nitrogens with one attached hydrogen (secondary N) is 1. The number of hydrogen-bond acceptors (Lipinski definition) is 2. The van der Waals surface area contributed by atoms with Gasteiger partial charge in [0.05, 0.1) is 5.56 Å². The van der Waals surface area contributed by atoms with E-state index in [9.17, 15) is 9.18 Å². The molecule has 0 atom stereocenters. The molecule has 1 aliphatic rings. The molecule has 1 aromatic heterocycles. The molecule has 3 nitrogen and oxygen atoms in total. The molecule has 0 radical (unpaired) electrons. The Labute approximate surface area is 94.1 Å². The highest BCUT2D eigenvalue weighted by atomic mass is 19.1. The Hall–Kier alpha value is -1.45. The molecule has 0 aliphatic heterocycles. The average Bonchev–Trinajstić information content (AvgIpc) is 2.24. The van der Waals surface area contributed by atoms with Crippen LogP contribution < -0.4 is 5.32 Å². The molecule has 16 heavy (non-hydrogen) atoms. The van der Waals surface area contributed by atoms with Gasteiger partial charge in [0.15, 0.2) is 0 Å². The van der Waals surface area contributed by atoms with Gasteiger partial charge in [0, 0.05) is 11.7 Å². The smallest absolute Gasteiger partial charge is 0.253 e. The highest BCUT2D eigenvalue weighted by Crippen LogP contribution is 2.34. The number of halogens is 1. The summed E-state index contributed by atoms with van der Waals surface area (Å²) in [5.41, 5.74) is 0.381. The van der Waals surface area contributed by atoms with Crippen molar-refractivity contribution in [1.29, 1.82) is 0 Å². The van der Waals surface area contributed by atoms with Crippen LogP contribution in [0.25, 0.3) is 0 Å². The monoisotopic (exact) mass is 222 g/mol. The van der Waals surface area contributed by atoms with Gasteiger partial charge in [-0.3, -0.25) is 4.79 Å². The first-order valence-corrected chi connectivity index (χ1v) is 5.59. The van der Waals surface area contributed by atoms with Crippen LogP contribution >= 0.6 is 0 Å². The molecule has 0 saturated heterocycles. The van der Waals surface area contributed by atoms with Gasteiger partial charge in [-0.1, -0.05) is 6.92 Å². The van der Waals surface area contributed by atoms with E-state index in [-0.39, 0.29) is 11.4 Å². The highest BCUT2D eigenvalue weighted by molar-refractivity contribution is 5.94. The van der Waals surface area contributed by atoms with Crippen LogP contribution in [0.1, 0.15) is 43.0 Å². The van der Waals surface area contributed by atoms with E-state index in [1.54, 1.807) is 0 Å². The molecule has 1 saturated carbocycles. The molecule has 2 rings (SSSR count). The summed E-state index contributed by atoms with van der Waals surface area (Å²) in [5.74, 6) is -0.723. The Morgan fingerprint density at radius 2 is 2.31 bits per heavy atom. The lowest BCUT2D eigenvalue weighted by molar-refractivity contribution is 0.0820. The second kappa shape index (κ2) is 4.20. The zero-order valence-corrected chi connectivity index (χ0v) is 9.29. The summed E-state index contributed by atoms with van der Waals surface area (Å²) < 4.78 is 12.6. The van der Waals surface area contributed by atoms with E-state index >= 15 is 0 Å². The molecule has 1 N–H and O–H groups in total. The molecule has 1 amide bonds. The van der Waals surface area contributed by atoms with Crippen molar-refractivity contribution < 1.29 is 9.18 Å². The lowest BCUT2D eigenvalue weighted by Gasteiger charge is -2.42. The Balaban J connectivity index is 2.05. The molecular weight excluding hydrogens is 207 g/mol. The quantitative estimate of drug-likeness (QED) is 0.797. The maximum absolute atomic E-state index is 12.6. The first kappa shape index (κ1) is 11.0. The molecule has 1 aliphatic carbocycles. The predicted octanol–water partition coefficient (Wildman–Crippen LogP) is 2.28. The minimum Gasteiger partial charge on any atom is -0.347 e. The number of nitrogens with zero attached hydrogens (tertiary/aromatic N) is 1. The van der Waals surface area contributed by atoms with Crippen molar-refractivity contribution in [2.45, 2.75) is 38.1 Å². The Kier molecular flexibility index (Phi) is 2.90. The van der Waals surface area contributed by atoms with Gasteiger partial charge in [-0.25, -0.2) is 4.98 Å². The summed E-state index contributed by atoms with van der Waals surface area (Å²) in [5, 5.41) is 3.01. The molecule has 1 aromatic rings. The molecular formula is C12H15FN2O. The van der Waals surface area contributed by atoms with Crippen LogP contribution in [-0.4, -0.2) is 16.4 Å². The normalized spacial score (nSPS) is 17.6. The van der Waals surface area contributed by atoms with Gasteiger partial charge in [-0.2, -0.15) is 4.39 Å². The van der Waals surface area contributed by atoms with Gasteiger partial charge < -0.3 is 5.32 Å². The zero-order valence-electron chi connectivity index (χ0n) is 9.29. The lowest BCUT2D eigenvalue weighted by Crippen LogP contribution is -2.52. The molecule has 0 bridgehead atoms. The van der Waals surface area contributed by atoms with Gasteiger partial charge >= 0.3 is 0 Å².